The Balaban J connectivity index is 1.70. The lowest BCUT2D eigenvalue weighted by Crippen LogP contribution is -2.28. The summed E-state index contributed by atoms with van der Waals surface area (Å²) in [5.41, 5.74) is 1.34. The number of nitrogens with one attached hydrogen (secondary N) is 1. The number of rotatable bonds is 5. The lowest BCUT2D eigenvalue weighted by Gasteiger charge is -2.15. The SMILES string of the molecule is COc1ccc(C(=O)NCC(O)c2cccc3ccccc23)cc1. The first-order chi connectivity index (χ1) is 11.7. The molecule has 0 aliphatic carbocycles. The van der Waals surface area contributed by atoms with Gasteiger partial charge in [-0.25, -0.2) is 0 Å². The van der Waals surface area contributed by atoms with Gasteiger partial charge in [0.15, 0.2) is 0 Å². The van der Waals surface area contributed by atoms with Gasteiger partial charge in [-0.05, 0) is 40.6 Å². The molecule has 1 amide bonds. The molecule has 0 fully saturated rings. The van der Waals surface area contributed by atoms with Gasteiger partial charge < -0.3 is 15.2 Å². The smallest absolute Gasteiger partial charge is 0.251 e. The number of benzene rings is 3. The Labute approximate surface area is 140 Å². The van der Waals surface area contributed by atoms with E-state index in [0.717, 1.165) is 16.3 Å². The maximum absolute atomic E-state index is 12.2. The van der Waals surface area contributed by atoms with Crippen LogP contribution in [0.4, 0.5) is 0 Å². The fraction of sp³-hybridized carbons (Fsp3) is 0.150. The van der Waals surface area contributed by atoms with Crippen LogP contribution in [0.15, 0.2) is 66.7 Å². The Hall–Kier alpha value is -2.85. The third kappa shape index (κ3) is 3.39. The van der Waals surface area contributed by atoms with E-state index < -0.39 is 6.10 Å². The van der Waals surface area contributed by atoms with Crippen molar-refractivity contribution in [2.75, 3.05) is 13.7 Å². The van der Waals surface area contributed by atoms with Crippen LogP contribution in [0.1, 0.15) is 22.0 Å². The van der Waals surface area contributed by atoms with Crippen LogP contribution in [0.25, 0.3) is 10.8 Å². The van der Waals surface area contributed by atoms with Crippen LogP contribution >= 0.6 is 0 Å². The molecule has 0 heterocycles. The van der Waals surface area contributed by atoms with E-state index in [1.807, 2.05) is 42.5 Å². The van der Waals surface area contributed by atoms with E-state index in [9.17, 15) is 9.90 Å². The fourth-order valence-electron chi connectivity index (χ4n) is 2.68. The zero-order chi connectivity index (χ0) is 16.9. The van der Waals surface area contributed by atoms with Crippen LogP contribution in [-0.2, 0) is 0 Å². The number of methoxy groups -OCH3 is 1. The second-order valence-corrected chi connectivity index (χ2v) is 5.52. The highest BCUT2D eigenvalue weighted by Crippen LogP contribution is 2.24. The minimum Gasteiger partial charge on any atom is -0.497 e. The second-order valence-electron chi connectivity index (χ2n) is 5.52. The molecule has 0 saturated heterocycles. The molecule has 2 N–H and O–H groups in total. The molecule has 0 aliphatic rings. The van der Waals surface area contributed by atoms with Gasteiger partial charge in [0.25, 0.3) is 5.91 Å². The van der Waals surface area contributed by atoms with E-state index in [-0.39, 0.29) is 12.5 Å². The molecule has 0 aromatic heterocycles. The van der Waals surface area contributed by atoms with Crippen LogP contribution in [0.3, 0.4) is 0 Å². The number of aliphatic hydroxyl groups is 1. The Morgan fingerprint density at radius 2 is 1.75 bits per heavy atom. The van der Waals surface area contributed by atoms with Crippen LogP contribution in [0, 0.1) is 0 Å². The first kappa shape index (κ1) is 16.0. The van der Waals surface area contributed by atoms with Crippen molar-refractivity contribution in [1.82, 2.24) is 5.32 Å². The topological polar surface area (TPSA) is 58.6 Å². The number of amides is 1. The van der Waals surface area contributed by atoms with Gasteiger partial charge in [0.2, 0.25) is 0 Å². The van der Waals surface area contributed by atoms with Crippen LogP contribution in [-0.4, -0.2) is 24.7 Å². The standard InChI is InChI=1S/C20H19NO3/c1-24-16-11-9-15(10-12-16)20(23)21-13-19(22)18-8-4-6-14-5-2-3-7-17(14)18/h2-12,19,22H,13H2,1H3,(H,21,23). The number of hydrogen-bond acceptors (Lipinski definition) is 3. The molecule has 1 unspecified atom stereocenters. The number of aliphatic hydroxyl groups excluding tert-OH is 1. The van der Waals surface area contributed by atoms with Gasteiger partial charge in [0.1, 0.15) is 5.75 Å². The van der Waals surface area contributed by atoms with E-state index >= 15 is 0 Å². The first-order valence-corrected chi connectivity index (χ1v) is 7.77. The normalized spacial score (nSPS) is 11.9. The Kier molecular flexibility index (Phi) is 4.77. The van der Waals surface area contributed by atoms with Crippen molar-refractivity contribution in [3.8, 4) is 5.75 Å². The predicted octanol–water partition coefficient (Wildman–Crippen LogP) is 3.31. The molecule has 4 nitrogen and oxygen atoms in total. The average molecular weight is 321 g/mol. The Bertz CT molecular complexity index is 838. The molecule has 0 aliphatic heterocycles. The molecule has 3 aromatic carbocycles. The summed E-state index contributed by atoms with van der Waals surface area (Å²) in [6, 6.07) is 20.5. The molecular weight excluding hydrogens is 302 g/mol. The third-order valence-electron chi connectivity index (χ3n) is 3.99. The van der Waals surface area contributed by atoms with Crippen LogP contribution < -0.4 is 10.1 Å². The molecule has 0 saturated carbocycles. The molecule has 4 heteroatoms. The maximum Gasteiger partial charge on any atom is 0.251 e. The Morgan fingerprint density at radius 3 is 2.50 bits per heavy atom. The molecular formula is C20H19NO3. The minimum atomic E-state index is -0.765. The quantitative estimate of drug-likeness (QED) is 0.758. The lowest BCUT2D eigenvalue weighted by molar-refractivity contribution is 0.0917. The lowest BCUT2D eigenvalue weighted by atomic mass is 10.0. The summed E-state index contributed by atoms with van der Waals surface area (Å²) in [5, 5.41) is 15.3. The highest BCUT2D eigenvalue weighted by Gasteiger charge is 2.13. The van der Waals surface area contributed by atoms with Crippen molar-refractivity contribution in [2.24, 2.45) is 0 Å². The fourth-order valence-corrected chi connectivity index (χ4v) is 2.68. The molecule has 1 atom stereocenters. The van der Waals surface area contributed by atoms with Crippen molar-refractivity contribution < 1.29 is 14.6 Å². The van der Waals surface area contributed by atoms with E-state index in [0.29, 0.717) is 11.3 Å². The molecule has 0 bridgehead atoms. The molecule has 3 rings (SSSR count). The number of carbonyl (C=O) groups excluding carboxylic acids is 1. The largest absolute Gasteiger partial charge is 0.497 e. The number of ether oxygens (including phenoxy) is 1. The van der Waals surface area contributed by atoms with Gasteiger partial charge in [-0.15, -0.1) is 0 Å². The maximum atomic E-state index is 12.2. The first-order valence-electron chi connectivity index (χ1n) is 7.77. The van der Waals surface area contributed by atoms with E-state index in [1.54, 1.807) is 31.4 Å². The number of hydrogen-bond donors (Lipinski definition) is 2. The highest BCUT2D eigenvalue weighted by molar-refractivity contribution is 5.94. The van der Waals surface area contributed by atoms with Crippen LogP contribution in [0.5, 0.6) is 5.75 Å². The molecule has 24 heavy (non-hydrogen) atoms. The summed E-state index contributed by atoms with van der Waals surface area (Å²) in [6.07, 6.45) is -0.765. The van der Waals surface area contributed by atoms with E-state index in [1.165, 1.54) is 0 Å². The van der Waals surface area contributed by atoms with Gasteiger partial charge in [0.05, 0.1) is 13.2 Å². The summed E-state index contributed by atoms with van der Waals surface area (Å²) in [5.74, 6) is 0.472. The van der Waals surface area contributed by atoms with Crippen molar-refractivity contribution in [2.45, 2.75) is 6.10 Å². The monoisotopic (exact) mass is 321 g/mol. The van der Waals surface area contributed by atoms with Crippen molar-refractivity contribution in [3.05, 3.63) is 77.9 Å². The molecule has 0 radical (unpaired) electrons. The third-order valence-corrected chi connectivity index (χ3v) is 3.99. The zero-order valence-electron chi connectivity index (χ0n) is 13.4. The van der Waals surface area contributed by atoms with Gasteiger partial charge in [0, 0.05) is 12.1 Å². The van der Waals surface area contributed by atoms with Gasteiger partial charge in [-0.1, -0.05) is 42.5 Å². The van der Waals surface area contributed by atoms with E-state index in [4.69, 9.17) is 4.74 Å². The van der Waals surface area contributed by atoms with Crippen LogP contribution in [0.2, 0.25) is 0 Å². The number of fused-ring (bicyclic) bond motifs is 1. The number of carbonyl (C=O) groups is 1. The Morgan fingerprint density at radius 1 is 1.04 bits per heavy atom. The predicted molar refractivity (Wildman–Crippen MR) is 94.2 cm³/mol. The summed E-state index contributed by atoms with van der Waals surface area (Å²) in [7, 11) is 1.58. The summed E-state index contributed by atoms with van der Waals surface area (Å²) in [4.78, 5) is 12.2. The van der Waals surface area contributed by atoms with Gasteiger partial charge in [-0.2, -0.15) is 0 Å². The summed E-state index contributed by atoms with van der Waals surface area (Å²) >= 11 is 0. The van der Waals surface area contributed by atoms with Gasteiger partial charge in [-0.3, -0.25) is 4.79 Å². The highest BCUT2D eigenvalue weighted by atomic mass is 16.5. The zero-order valence-corrected chi connectivity index (χ0v) is 13.4. The van der Waals surface area contributed by atoms with Gasteiger partial charge >= 0.3 is 0 Å². The van der Waals surface area contributed by atoms with Crippen molar-refractivity contribution in [3.63, 3.8) is 0 Å². The second kappa shape index (κ2) is 7.15. The molecule has 0 spiro atoms. The summed E-state index contributed by atoms with van der Waals surface area (Å²) < 4.78 is 5.07. The molecule has 3 aromatic rings. The summed E-state index contributed by atoms with van der Waals surface area (Å²) in [6.45, 7) is 0.152. The van der Waals surface area contributed by atoms with E-state index in [2.05, 4.69) is 5.32 Å². The average Bonchev–Trinajstić information content (AvgIpc) is 2.65. The van der Waals surface area contributed by atoms with Crippen molar-refractivity contribution in [1.29, 1.82) is 0 Å². The minimum absolute atomic E-state index is 0.152. The van der Waals surface area contributed by atoms with Crippen molar-refractivity contribution >= 4 is 16.7 Å². The molecule has 122 valence electrons.